The van der Waals surface area contributed by atoms with E-state index >= 15 is 0 Å². The van der Waals surface area contributed by atoms with Crippen molar-refractivity contribution in [2.45, 2.75) is 0 Å². The second kappa shape index (κ2) is 4.02. The average Bonchev–Trinajstić information content (AvgIpc) is 2.23. The Morgan fingerprint density at radius 1 is 1.33 bits per heavy atom. The number of rotatable bonds is 1. The van der Waals surface area contributed by atoms with Crippen LogP contribution in [0, 0.1) is 5.95 Å². The van der Waals surface area contributed by atoms with E-state index in [2.05, 4.69) is 21.8 Å². The van der Waals surface area contributed by atoms with Crippen molar-refractivity contribution in [1.29, 1.82) is 0 Å². The minimum atomic E-state index is -0.474. The predicted molar refractivity (Wildman–Crippen MR) is 58.3 cm³/mol. The fourth-order valence-electron chi connectivity index (χ4n) is 1.75. The Hall–Kier alpha value is -1.36. The summed E-state index contributed by atoms with van der Waals surface area (Å²) >= 11 is 0. The molecular weight excluding hydrogens is 195 g/mol. The van der Waals surface area contributed by atoms with Crippen LogP contribution in [0.5, 0.6) is 0 Å². The molecule has 1 aliphatic rings. The Labute approximate surface area is 88.5 Å². The van der Waals surface area contributed by atoms with Gasteiger partial charge >= 0.3 is 0 Å². The molecule has 5 heteroatoms. The number of hydrogen-bond donors (Lipinski definition) is 1. The molecule has 0 aromatic carbocycles. The third kappa shape index (κ3) is 2.18. The lowest BCUT2D eigenvalue weighted by Gasteiger charge is -2.34. The molecule has 1 aromatic rings. The highest BCUT2D eigenvalue weighted by atomic mass is 19.1. The smallest absolute Gasteiger partial charge is 0.215 e. The SMILES string of the molecule is CN1CCN(c2cc(F)ncc2N)CC1. The fourth-order valence-corrected chi connectivity index (χ4v) is 1.75. The van der Waals surface area contributed by atoms with Crippen molar-refractivity contribution in [3.8, 4) is 0 Å². The van der Waals surface area contributed by atoms with Crippen LogP contribution in [-0.2, 0) is 0 Å². The molecule has 1 aliphatic heterocycles. The number of hydrogen-bond acceptors (Lipinski definition) is 4. The standard InChI is InChI=1S/C10H15FN4/c1-14-2-4-15(5-3-14)9-6-10(11)13-7-8(9)12/h6-7H,2-5,12H2,1H3. The first kappa shape index (κ1) is 10.2. The fraction of sp³-hybridized carbons (Fsp3) is 0.500. The van der Waals surface area contributed by atoms with E-state index in [4.69, 9.17) is 5.73 Å². The van der Waals surface area contributed by atoms with Crippen LogP contribution >= 0.6 is 0 Å². The molecule has 2 N–H and O–H groups in total. The Bertz CT molecular complexity index is 347. The zero-order chi connectivity index (χ0) is 10.8. The van der Waals surface area contributed by atoms with Crippen LogP contribution in [0.25, 0.3) is 0 Å². The summed E-state index contributed by atoms with van der Waals surface area (Å²) in [6.07, 6.45) is 1.38. The van der Waals surface area contributed by atoms with Gasteiger partial charge in [-0.25, -0.2) is 4.98 Å². The summed E-state index contributed by atoms with van der Waals surface area (Å²) < 4.78 is 13.0. The summed E-state index contributed by atoms with van der Waals surface area (Å²) in [5.41, 5.74) is 7.07. The number of piperazine rings is 1. The normalized spacial score (nSPS) is 18.1. The maximum absolute atomic E-state index is 13.0. The van der Waals surface area contributed by atoms with E-state index in [1.807, 2.05) is 0 Å². The van der Waals surface area contributed by atoms with E-state index in [0.29, 0.717) is 5.69 Å². The summed E-state index contributed by atoms with van der Waals surface area (Å²) in [5, 5.41) is 0. The van der Waals surface area contributed by atoms with E-state index in [1.54, 1.807) is 0 Å². The molecule has 2 heterocycles. The summed E-state index contributed by atoms with van der Waals surface area (Å²) in [4.78, 5) is 7.86. The molecule has 0 aliphatic carbocycles. The number of nitrogen functional groups attached to an aromatic ring is 1. The Morgan fingerprint density at radius 2 is 2.00 bits per heavy atom. The van der Waals surface area contributed by atoms with Gasteiger partial charge in [-0.2, -0.15) is 4.39 Å². The van der Waals surface area contributed by atoms with Gasteiger partial charge in [-0.1, -0.05) is 0 Å². The Balaban J connectivity index is 2.18. The van der Waals surface area contributed by atoms with Crippen molar-refractivity contribution >= 4 is 11.4 Å². The van der Waals surface area contributed by atoms with Gasteiger partial charge in [0.25, 0.3) is 0 Å². The number of likely N-dealkylation sites (N-methyl/N-ethyl adjacent to an activating group) is 1. The third-order valence-corrected chi connectivity index (χ3v) is 2.72. The second-order valence-corrected chi connectivity index (χ2v) is 3.86. The highest BCUT2D eigenvalue weighted by Gasteiger charge is 2.16. The molecule has 0 atom stereocenters. The summed E-state index contributed by atoms with van der Waals surface area (Å²) in [6.45, 7) is 3.71. The minimum Gasteiger partial charge on any atom is -0.396 e. The van der Waals surface area contributed by atoms with Gasteiger partial charge in [0.2, 0.25) is 5.95 Å². The zero-order valence-corrected chi connectivity index (χ0v) is 8.78. The topological polar surface area (TPSA) is 45.4 Å². The largest absolute Gasteiger partial charge is 0.396 e. The molecule has 82 valence electrons. The highest BCUT2D eigenvalue weighted by molar-refractivity contribution is 5.66. The van der Waals surface area contributed by atoms with Crippen molar-refractivity contribution in [1.82, 2.24) is 9.88 Å². The van der Waals surface area contributed by atoms with E-state index < -0.39 is 5.95 Å². The van der Waals surface area contributed by atoms with Gasteiger partial charge in [0.05, 0.1) is 17.6 Å². The molecular formula is C10H15FN4. The Morgan fingerprint density at radius 3 is 2.67 bits per heavy atom. The van der Waals surface area contributed by atoms with Gasteiger partial charge in [0.1, 0.15) is 0 Å². The molecule has 2 rings (SSSR count). The maximum Gasteiger partial charge on any atom is 0.215 e. The van der Waals surface area contributed by atoms with Crippen LogP contribution in [0.1, 0.15) is 0 Å². The molecule has 1 aromatic heterocycles. The number of nitrogens with zero attached hydrogens (tertiary/aromatic N) is 3. The highest BCUT2D eigenvalue weighted by Crippen LogP contribution is 2.23. The second-order valence-electron chi connectivity index (χ2n) is 3.86. The molecule has 4 nitrogen and oxygen atoms in total. The number of aromatic nitrogens is 1. The van der Waals surface area contributed by atoms with E-state index in [1.165, 1.54) is 12.3 Å². The summed E-state index contributed by atoms with van der Waals surface area (Å²) in [6, 6.07) is 1.40. The Kier molecular flexibility index (Phi) is 2.73. The van der Waals surface area contributed by atoms with Crippen molar-refractivity contribution in [2.75, 3.05) is 43.9 Å². The van der Waals surface area contributed by atoms with Crippen LogP contribution in [0.15, 0.2) is 12.3 Å². The minimum absolute atomic E-state index is 0.474. The van der Waals surface area contributed by atoms with Crippen LogP contribution in [-0.4, -0.2) is 43.1 Å². The lowest BCUT2D eigenvalue weighted by atomic mass is 10.2. The molecule has 1 saturated heterocycles. The van der Waals surface area contributed by atoms with Gasteiger partial charge < -0.3 is 15.5 Å². The van der Waals surface area contributed by atoms with Crippen molar-refractivity contribution in [3.05, 3.63) is 18.2 Å². The molecule has 0 amide bonds. The molecule has 0 radical (unpaired) electrons. The zero-order valence-electron chi connectivity index (χ0n) is 8.78. The van der Waals surface area contributed by atoms with Crippen molar-refractivity contribution in [3.63, 3.8) is 0 Å². The lowest BCUT2D eigenvalue weighted by molar-refractivity contribution is 0.313. The van der Waals surface area contributed by atoms with Crippen LogP contribution in [0.3, 0.4) is 0 Å². The van der Waals surface area contributed by atoms with E-state index in [0.717, 1.165) is 31.9 Å². The van der Waals surface area contributed by atoms with Crippen molar-refractivity contribution < 1.29 is 4.39 Å². The number of pyridine rings is 1. The van der Waals surface area contributed by atoms with Crippen LogP contribution < -0.4 is 10.6 Å². The van der Waals surface area contributed by atoms with Gasteiger partial charge in [-0.15, -0.1) is 0 Å². The van der Waals surface area contributed by atoms with E-state index in [9.17, 15) is 4.39 Å². The van der Waals surface area contributed by atoms with Gasteiger partial charge in [-0.3, -0.25) is 0 Å². The average molecular weight is 210 g/mol. The molecule has 1 fully saturated rings. The van der Waals surface area contributed by atoms with Gasteiger partial charge in [0.15, 0.2) is 0 Å². The van der Waals surface area contributed by atoms with Crippen LogP contribution in [0.4, 0.5) is 15.8 Å². The molecule has 0 saturated carbocycles. The van der Waals surface area contributed by atoms with Gasteiger partial charge in [-0.05, 0) is 7.05 Å². The lowest BCUT2D eigenvalue weighted by Crippen LogP contribution is -2.44. The molecule has 0 bridgehead atoms. The summed E-state index contributed by atoms with van der Waals surface area (Å²) in [7, 11) is 2.08. The van der Waals surface area contributed by atoms with Gasteiger partial charge in [0, 0.05) is 32.2 Å². The first-order valence-corrected chi connectivity index (χ1v) is 5.01. The molecule has 0 unspecified atom stereocenters. The first-order chi connectivity index (χ1) is 7.16. The first-order valence-electron chi connectivity index (χ1n) is 5.01. The predicted octanol–water partition coefficient (Wildman–Crippen LogP) is 0.555. The quantitative estimate of drug-likeness (QED) is 0.688. The molecule has 0 spiro atoms. The van der Waals surface area contributed by atoms with E-state index in [-0.39, 0.29) is 0 Å². The molecule has 15 heavy (non-hydrogen) atoms. The monoisotopic (exact) mass is 210 g/mol. The third-order valence-electron chi connectivity index (χ3n) is 2.72. The number of halogens is 1. The number of nitrogens with two attached hydrogens (primary N) is 1. The maximum atomic E-state index is 13.0. The number of anilines is 2. The summed E-state index contributed by atoms with van der Waals surface area (Å²) in [5.74, 6) is -0.474. The van der Waals surface area contributed by atoms with Crippen molar-refractivity contribution in [2.24, 2.45) is 0 Å². The van der Waals surface area contributed by atoms with Crippen LogP contribution in [0.2, 0.25) is 0 Å².